The first-order valence-corrected chi connectivity index (χ1v) is 10.9. The Morgan fingerprint density at radius 3 is 2.67 bits per heavy atom. The lowest BCUT2D eigenvalue weighted by molar-refractivity contribution is 0.194. The molecule has 8 nitrogen and oxygen atoms in total. The summed E-state index contributed by atoms with van der Waals surface area (Å²) in [5, 5.41) is 15.4. The number of aromatic amines is 1. The number of nitrogens with two attached hydrogens (primary N) is 1. The van der Waals surface area contributed by atoms with Gasteiger partial charge in [0.15, 0.2) is 5.82 Å². The Morgan fingerprint density at radius 2 is 1.93 bits per heavy atom. The van der Waals surface area contributed by atoms with Gasteiger partial charge in [-0.3, -0.25) is 9.48 Å². The number of hydrogen-bond donors (Lipinski definition) is 3. The smallest absolute Gasteiger partial charge is 0.290 e. The first-order chi connectivity index (χ1) is 14.7. The molecule has 30 heavy (non-hydrogen) atoms. The Morgan fingerprint density at radius 1 is 1.13 bits per heavy atom. The van der Waals surface area contributed by atoms with Gasteiger partial charge < -0.3 is 15.8 Å². The van der Waals surface area contributed by atoms with Crippen LogP contribution in [0.1, 0.15) is 38.1 Å². The second kappa shape index (κ2) is 6.84. The van der Waals surface area contributed by atoms with E-state index >= 15 is 0 Å². The van der Waals surface area contributed by atoms with E-state index in [1.165, 1.54) is 19.3 Å². The van der Waals surface area contributed by atoms with Gasteiger partial charge in [-0.2, -0.15) is 10.2 Å². The minimum absolute atomic E-state index is 0.120. The maximum absolute atomic E-state index is 12.6. The SMILES string of the molecule is Nc1n[nH]c(=O)c2c1c(-c1ccc(OC3CC4CC4C3)cc1)nn2[C@@H]1CCCNC1. The quantitative estimate of drug-likeness (QED) is 0.614. The minimum Gasteiger partial charge on any atom is -0.490 e. The summed E-state index contributed by atoms with van der Waals surface area (Å²) in [4.78, 5) is 12.6. The van der Waals surface area contributed by atoms with Crippen molar-refractivity contribution in [2.24, 2.45) is 11.8 Å². The lowest BCUT2D eigenvalue weighted by Crippen LogP contribution is -2.33. The zero-order valence-corrected chi connectivity index (χ0v) is 16.8. The number of rotatable bonds is 4. The first-order valence-electron chi connectivity index (χ1n) is 10.9. The average Bonchev–Trinajstić information content (AvgIpc) is 3.19. The molecule has 3 aliphatic rings. The van der Waals surface area contributed by atoms with Gasteiger partial charge in [-0.25, -0.2) is 5.10 Å². The van der Waals surface area contributed by atoms with Crippen molar-refractivity contribution in [3.8, 4) is 17.0 Å². The molecule has 0 amide bonds. The number of H-pyrrole nitrogens is 1. The van der Waals surface area contributed by atoms with Crippen LogP contribution in [0.4, 0.5) is 5.82 Å². The van der Waals surface area contributed by atoms with Gasteiger partial charge in [-0.05, 0) is 74.8 Å². The van der Waals surface area contributed by atoms with E-state index in [-0.39, 0.29) is 11.6 Å². The highest BCUT2D eigenvalue weighted by Gasteiger charge is 2.46. The molecule has 0 bridgehead atoms. The Kier molecular flexibility index (Phi) is 4.09. The lowest BCUT2D eigenvalue weighted by atomic mass is 10.1. The van der Waals surface area contributed by atoms with Gasteiger partial charge in [0.2, 0.25) is 0 Å². The molecular formula is C22H26N6O2. The van der Waals surface area contributed by atoms with E-state index in [0.717, 1.165) is 49.1 Å². The molecule has 1 aromatic carbocycles. The van der Waals surface area contributed by atoms with Crippen LogP contribution in [0.5, 0.6) is 5.75 Å². The summed E-state index contributed by atoms with van der Waals surface area (Å²) in [6.07, 6.45) is 6.12. The van der Waals surface area contributed by atoms with Crippen LogP contribution in [0.3, 0.4) is 0 Å². The van der Waals surface area contributed by atoms with Gasteiger partial charge in [0, 0.05) is 12.1 Å². The van der Waals surface area contributed by atoms with Crippen LogP contribution in [-0.4, -0.2) is 39.2 Å². The van der Waals surface area contributed by atoms with Crippen molar-refractivity contribution >= 4 is 16.7 Å². The van der Waals surface area contributed by atoms with Gasteiger partial charge >= 0.3 is 0 Å². The number of nitrogens with zero attached hydrogens (tertiary/aromatic N) is 3. The van der Waals surface area contributed by atoms with Gasteiger partial charge in [0.05, 0.1) is 17.5 Å². The fraction of sp³-hybridized carbons (Fsp3) is 0.500. The lowest BCUT2D eigenvalue weighted by Gasteiger charge is -2.23. The molecule has 2 unspecified atom stereocenters. The predicted octanol–water partition coefficient (Wildman–Crippen LogP) is 2.47. The molecule has 4 N–H and O–H groups in total. The normalized spacial score (nSPS) is 27.9. The van der Waals surface area contributed by atoms with Crippen molar-refractivity contribution in [2.75, 3.05) is 18.8 Å². The zero-order valence-electron chi connectivity index (χ0n) is 16.8. The number of nitrogens with one attached hydrogen (secondary N) is 2. The largest absolute Gasteiger partial charge is 0.490 e. The molecule has 156 valence electrons. The van der Waals surface area contributed by atoms with Crippen LogP contribution in [0.15, 0.2) is 29.1 Å². The molecule has 2 aliphatic carbocycles. The molecule has 3 aromatic rings. The summed E-state index contributed by atoms with van der Waals surface area (Å²) in [5.41, 5.74) is 8.02. The standard InChI is InChI=1S/C22H26N6O2/c23-21-18-19(12-3-5-16(6-4-12)30-17-9-13-8-14(13)10-17)27-28(15-2-1-7-24-11-15)20(18)22(29)26-25-21/h3-6,13-15,17,24H,1-2,7-11H2,(H2,23,25)(H,26,29)/t13?,14?,15-,17?/m1/s1. The van der Waals surface area contributed by atoms with Gasteiger partial charge in [-0.15, -0.1) is 0 Å². The maximum atomic E-state index is 12.6. The van der Waals surface area contributed by atoms with Crippen LogP contribution in [0.2, 0.25) is 0 Å². The monoisotopic (exact) mass is 406 g/mol. The molecule has 3 fully saturated rings. The predicted molar refractivity (Wildman–Crippen MR) is 114 cm³/mol. The van der Waals surface area contributed by atoms with E-state index in [1.54, 1.807) is 0 Å². The Bertz CT molecular complexity index is 1130. The number of fused-ring (bicyclic) bond motifs is 2. The molecule has 1 saturated heterocycles. The van der Waals surface area contributed by atoms with E-state index in [2.05, 4.69) is 15.5 Å². The third-order valence-corrected chi connectivity index (χ3v) is 6.91. The Hall–Kier alpha value is -2.87. The van der Waals surface area contributed by atoms with Crippen molar-refractivity contribution in [3.63, 3.8) is 0 Å². The van der Waals surface area contributed by atoms with Gasteiger partial charge in [0.25, 0.3) is 5.56 Å². The van der Waals surface area contributed by atoms with Gasteiger partial charge in [0.1, 0.15) is 17.0 Å². The number of aromatic nitrogens is 4. The van der Waals surface area contributed by atoms with Crippen molar-refractivity contribution in [3.05, 3.63) is 34.6 Å². The highest BCUT2D eigenvalue weighted by atomic mass is 16.5. The number of benzene rings is 1. The van der Waals surface area contributed by atoms with Crippen LogP contribution in [0, 0.1) is 11.8 Å². The fourth-order valence-corrected chi connectivity index (χ4v) is 5.26. The molecule has 8 heteroatoms. The number of nitrogen functional groups attached to an aromatic ring is 1. The molecule has 2 saturated carbocycles. The van der Waals surface area contributed by atoms with Gasteiger partial charge in [-0.1, -0.05) is 0 Å². The Balaban J connectivity index is 1.37. The number of anilines is 1. The highest BCUT2D eigenvalue weighted by Crippen LogP contribution is 2.52. The number of piperidine rings is 1. The zero-order chi connectivity index (χ0) is 20.2. The summed E-state index contributed by atoms with van der Waals surface area (Å²) in [5.74, 6) is 2.97. The van der Waals surface area contributed by atoms with Crippen LogP contribution in [-0.2, 0) is 0 Å². The van der Waals surface area contributed by atoms with Crippen LogP contribution >= 0.6 is 0 Å². The minimum atomic E-state index is -0.261. The van der Waals surface area contributed by atoms with Crippen molar-refractivity contribution < 1.29 is 4.74 Å². The van der Waals surface area contributed by atoms with E-state index in [0.29, 0.717) is 28.5 Å². The topological polar surface area (TPSA) is 111 Å². The maximum Gasteiger partial charge on any atom is 0.290 e. The Labute approximate surface area is 173 Å². The first kappa shape index (κ1) is 17.9. The number of ether oxygens (including phenoxy) is 1. The molecule has 3 heterocycles. The summed E-state index contributed by atoms with van der Waals surface area (Å²) >= 11 is 0. The van der Waals surface area contributed by atoms with E-state index in [9.17, 15) is 4.79 Å². The molecule has 6 rings (SSSR count). The summed E-state index contributed by atoms with van der Waals surface area (Å²) < 4.78 is 8.01. The van der Waals surface area contributed by atoms with E-state index in [4.69, 9.17) is 15.6 Å². The summed E-state index contributed by atoms with van der Waals surface area (Å²) in [7, 11) is 0. The summed E-state index contributed by atoms with van der Waals surface area (Å²) in [6.45, 7) is 1.78. The third kappa shape index (κ3) is 2.98. The second-order valence-electron chi connectivity index (χ2n) is 8.95. The number of hydrogen-bond acceptors (Lipinski definition) is 6. The average molecular weight is 406 g/mol. The van der Waals surface area contributed by atoms with Crippen molar-refractivity contribution in [1.82, 2.24) is 25.3 Å². The van der Waals surface area contributed by atoms with E-state index < -0.39 is 0 Å². The molecular weight excluding hydrogens is 380 g/mol. The highest BCUT2D eigenvalue weighted by molar-refractivity contribution is 5.99. The molecule has 3 atom stereocenters. The fourth-order valence-electron chi connectivity index (χ4n) is 5.26. The van der Waals surface area contributed by atoms with E-state index in [1.807, 2.05) is 28.9 Å². The molecule has 0 radical (unpaired) electrons. The van der Waals surface area contributed by atoms with Crippen LogP contribution in [0.25, 0.3) is 22.2 Å². The second-order valence-corrected chi connectivity index (χ2v) is 8.95. The van der Waals surface area contributed by atoms with Crippen molar-refractivity contribution in [2.45, 2.75) is 44.2 Å². The van der Waals surface area contributed by atoms with Crippen molar-refractivity contribution in [1.29, 1.82) is 0 Å². The molecule has 2 aromatic heterocycles. The molecule has 0 spiro atoms. The third-order valence-electron chi connectivity index (χ3n) is 6.91. The summed E-state index contributed by atoms with van der Waals surface area (Å²) in [6, 6.07) is 8.09. The molecule has 1 aliphatic heterocycles. The van der Waals surface area contributed by atoms with Crippen LogP contribution < -0.4 is 21.3 Å².